The van der Waals surface area contributed by atoms with E-state index in [-0.39, 0.29) is 29.9 Å². The molecule has 3 atom stereocenters. The first-order valence-corrected chi connectivity index (χ1v) is 35.4. The summed E-state index contributed by atoms with van der Waals surface area (Å²) in [4.78, 5) is 70.9. The Hall–Kier alpha value is -5.43. The molecule has 3 aliphatic heterocycles. The number of aromatic amines is 2. The van der Waals surface area contributed by atoms with Crippen LogP contribution in [0.2, 0.25) is 0 Å². The lowest BCUT2D eigenvalue weighted by Gasteiger charge is -2.29. The van der Waals surface area contributed by atoms with Crippen LogP contribution in [-0.2, 0) is 25.5 Å². The number of carbonyl (C=O) groups excluding carboxylic acids is 3. The van der Waals surface area contributed by atoms with Crippen LogP contribution in [0.1, 0.15) is 109 Å². The number of likely N-dealkylation sites (N-methyl/N-ethyl adjacent to an activating group) is 3. The van der Waals surface area contributed by atoms with Crippen LogP contribution in [0.5, 0.6) is 0 Å². The predicted octanol–water partition coefficient (Wildman–Crippen LogP) is 0.489. The van der Waals surface area contributed by atoms with Gasteiger partial charge < -0.3 is 84.7 Å². The maximum atomic E-state index is 14.7. The zero-order valence-electron chi connectivity index (χ0n) is 59.5. The van der Waals surface area contributed by atoms with E-state index in [1.165, 1.54) is 7.11 Å². The highest BCUT2D eigenvalue weighted by Gasteiger charge is 2.48. The highest BCUT2D eigenvalue weighted by molar-refractivity contribution is 6.38. The van der Waals surface area contributed by atoms with Gasteiger partial charge in [0.25, 0.3) is 0 Å². The van der Waals surface area contributed by atoms with E-state index in [9.17, 15) is 14.4 Å². The number of nitrogens with one attached hydrogen (secondary N) is 13. The number of aromatic nitrogens is 4. The van der Waals surface area contributed by atoms with Crippen LogP contribution in [0.15, 0.2) is 30.9 Å². The molecule has 1 amide bonds. The van der Waals surface area contributed by atoms with Gasteiger partial charge in [-0.3, -0.25) is 34.0 Å². The van der Waals surface area contributed by atoms with Crippen molar-refractivity contribution in [2.24, 2.45) is 11.5 Å². The number of H-pyrrole nitrogens is 2. The Balaban J connectivity index is 1.20. The van der Waals surface area contributed by atoms with Gasteiger partial charge in [-0.15, -0.1) is 0 Å². The first-order valence-electron chi connectivity index (χ1n) is 35.4. The number of nitrogens with two attached hydrogens (primary N) is 2. The fraction of sp³-hybridized carbons (Fsp3) is 0.671. The highest BCUT2D eigenvalue weighted by atomic mass is 16.5. The van der Waals surface area contributed by atoms with Crippen LogP contribution >= 0.6 is 0 Å². The Morgan fingerprint density at radius 2 is 1.06 bits per heavy atom. The number of esters is 1. The van der Waals surface area contributed by atoms with Crippen molar-refractivity contribution in [3.63, 3.8) is 0 Å². The number of fused-ring (bicyclic) bond motifs is 8. The van der Waals surface area contributed by atoms with E-state index in [0.717, 1.165) is 240 Å². The van der Waals surface area contributed by atoms with Gasteiger partial charge in [-0.2, -0.15) is 0 Å². The third-order valence-electron chi connectivity index (χ3n) is 18.8. The topological polar surface area (TPSA) is 315 Å². The molecule has 25 heteroatoms. The standard InChI is InChI=1S/C70H123N21O4/c1-11-54-50(3)57-47-59-52(5)56(67(86-59)65-66(70(94)95-10)69(93)64-53(6)60(87-68(64)65)49-62-55(12-2)51(4)58(85-62)48-61(54)84-57)13-14-63(92)83-34-44-91(43-33-81-30-37-88(35-16-72)36-27-78-22-19-74-8)46-45-90(41-29-80-25-24-77-21-18-73-7)42-32-82-31-40-89(38-26-76-17-15-71)39-28-79-23-20-75-9/h11,47-49,52,56,66,73-82,85-86H,1,12-46,71-72H2,2-10H3,(H,83,92). The van der Waals surface area contributed by atoms with Crippen LogP contribution in [0.25, 0.3) is 33.3 Å². The monoisotopic (exact) mass is 1320 g/mol. The zero-order chi connectivity index (χ0) is 68.3. The molecule has 0 radical (unpaired) electrons. The van der Waals surface area contributed by atoms with Crippen molar-refractivity contribution >= 4 is 51.0 Å². The van der Waals surface area contributed by atoms with Crippen LogP contribution in [0.3, 0.4) is 0 Å². The third kappa shape index (κ3) is 24.2. The van der Waals surface area contributed by atoms with Gasteiger partial charge in [0.15, 0.2) is 5.78 Å². The van der Waals surface area contributed by atoms with Crippen molar-refractivity contribution in [1.82, 2.24) is 98.0 Å². The van der Waals surface area contributed by atoms with E-state index in [2.05, 4.69) is 134 Å². The molecule has 0 aromatic carbocycles. The number of carbonyl (C=O) groups is 3. The first kappa shape index (κ1) is 78.6. The molecule has 532 valence electrons. The Kier molecular flexibility index (Phi) is 36.2. The second kappa shape index (κ2) is 43.8. The lowest BCUT2D eigenvalue weighted by molar-refractivity contribution is -0.144. The van der Waals surface area contributed by atoms with Crippen LogP contribution < -0.4 is 70.0 Å². The SMILES string of the molecule is C=CC1=C(C)c2cc3[nH]c(c4c5nc(cc6[nH]c(cc1n2)c(C)c6CC)C(C)=C5C(=O)C4C(=O)OC)C(CCC(=O)NCCN(CCNCCN(CCN)CCNCCNC)CCN(CCNCCNCCNC)CCNCCN(CCNCCN)CCNCCNC)C3C. The summed E-state index contributed by atoms with van der Waals surface area (Å²) in [5.41, 5.74) is 23.8. The molecule has 6 rings (SSSR count). The molecular formula is C70H123N21O4. The number of hydrogen-bond donors (Lipinski definition) is 15. The van der Waals surface area contributed by atoms with Crippen molar-refractivity contribution in [2.45, 2.75) is 71.6 Å². The summed E-state index contributed by atoms with van der Waals surface area (Å²) in [7, 11) is 7.25. The number of ether oxygens (including phenoxy) is 1. The molecule has 0 saturated carbocycles. The minimum Gasteiger partial charge on any atom is -0.468 e. The summed E-state index contributed by atoms with van der Waals surface area (Å²) < 4.78 is 5.40. The number of Topliss-reactive ketones (excluding diaryl/α,β-unsaturated/α-hetero) is 1. The average molecular weight is 1320 g/mol. The van der Waals surface area contributed by atoms with E-state index >= 15 is 0 Å². The Morgan fingerprint density at radius 3 is 1.57 bits per heavy atom. The lowest BCUT2D eigenvalue weighted by Crippen LogP contribution is -2.46. The molecule has 2 aromatic heterocycles. The number of hydrogen-bond acceptors (Lipinski definition) is 22. The second-order valence-electron chi connectivity index (χ2n) is 25.3. The van der Waals surface area contributed by atoms with Gasteiger partial charge in [0.2, 0.25) is 5.91 Å². The van der Waals surface area contributed by atoms with Gasteiger partial charge in [-0.25, -0.2) is 9.97 Å². The molecule has 25 nitrogen and oxygen atoms in total. The Morgan fingerprint density at radius 1 is 0.589 bits per heavy atom. The molecule has 8 bridgehead atoms. The molecular weight excluding hydrogens is 1200 g/mol. The van der Waals surface area contributed by atoms with Gasteiger partial charge in [-0.05, 0) is 95.2 Å². The minimum absolute atomic E-state index is 0.0612. The molecule has 4 aliphatic rings. The minimum atomic E-state index is -1.21. The number of allylic oxidation sites excluding steroid dienone is 5. The number of ketones is 1. The summed E-state index contributed by atoms with van der Waals surface area (Å²) in [6.45, 7) is 42.1. The molecule has 17 N–H and O–H groups in total. The normalized spacial score (nSPS) is 15.9. The molecule has 1 aliphatic carbocycles. The van der Waals surface area contributed by atoms with E-state index in [4.69, 9.17) is 26.2 Å². The summed E-state index contributed by atoms with van der Waals surface area (Å²) in [6, 6.07) is 6.19. The van der Waals surface area contributed by atoms with E-state index < -0.39 is 11.9 Å². The van der Waals surface area contributed by atoms with Crippen molar-refractivity contribution < 1.29 is 19.1 Å². The highest BCUT2D eigenvalue weighted by Crippen LogP contribution is 2.50. The first-order chi connectivity index (χ1) is 46.3. The quantitative estimate of drug-likeness (QED) is 0.0244. The average Bonchev–Trinajstić information content (AvgIpc) is 1.57. The van der Waals surface area contributed by atoms with Crippen LogP contribution in [0.4, 0.5) is 0 Å². The maximum Gasteiger partial charge on any atom is 0.321 e. The second-order valence-corrected chi connectivity index (χ2v) is 25.3. The smallest absolute Gasteiger partial charge is 0.321 e. The molecule has 2 aromatic rings. The van der Waals surface area contributed by atoms with E-state index in [1.54, 1.807) is 0 Å². The Bertz CT molecular complexity index is 2960. The number of aryl methyl sites for hydroxylation is 2. The van der Waals surface area contributed by atoms with Crippen molar-refractivity contribution in [1.29, 1.82) is 0 Å². The molecule has 0 fully saturated rings. The van der Waals surface area contributed by atoms with E-state index in [0.29, 0.717) is 66.4 Å². The number of rotatable bonds is 52. The molecule has 0 saturated heterocycles. The molecule has 0 spiro atoms. The fourth-order valence-corrected chi connectivity index (χ4v) is 13.1. The van der Waals surface area contributed by atoms with Gasteiger partial charge in [0.1, 0.15) is 5.92 Å². The summed E-state index contributed by atoms with van der Waals surface area (Å²) in [5, 5.41) is 38.2. The maximum absolute atomic E-state index is 14.7. The zero-order valence-corrected chi connectivity index (χ0v) is 59.5. The van der Waals surface area contributed by atoms with Crippen LogP contribution in [0, 0.1) is 6.92 Å². The molecule has 95 heavy (non-hydrogen) atoms. The van der Waals surface area contributed by atoms with Crippen molar-refractivity contribution in [2.75, 3.05) is 238 Å². The van der Waals surface area contributed by atoms with Gasteiger partial charge in [0, 0.05) is 267 Å². The largest absolute Gasteiger partial charge is 0.468 e. The summed E-state index contributed by atoms with van der Waals surface area (Å²) >= 11 is 0. The number of nitrogens with zero attached hydrogens (tertiary/aromatic N) is 6. The Labute approximate surface area is 568 Å². The van der Waals surface area contributed by atoms with Gasteiger partial charge in [-0.1, -0.05) is 26.5 Å². The molecule has 3 unspecified atom stereocenters. The summed E-state index contributed by atoms with van der Waals surface area (Å²) in [5.74, 6) is -2.68. The van der Waals surface area contributed by atoms with E-state index in [1.807, 2.05) is 40.2 Å². The third-order valence-corrected chi connectivity index (χ3v) is 18.8. The van der Waals surface area contributed by atoms with Gasteiger partial charge in [0.05, 0.1) is 29.9 Å². The molecule has 5 heterocycles. The lowest BCUT2D eigenvalue weighted by atomic mass is 9.84. The number of methoxy groups -OCH3 is 1. The van der Waals surface area contributed by atoms with Crippen LogP contribution in [-0.4, -0.2) is 295 Å². The van der Waals surface area contributed by atoms with Gasteiger partial charge >= 0.3 is 5.97 Å². The summed E-state index contributed by atoms with van der Waals surface area (Å²) in [6.07, 6.45) is 3.31. The number of amides is 1. The van der Waals surface area contributed by atoms with Crippen molar-refractivity contribution in [3.8, 4) is 0 Å². The van der Waals surface area contributed by atoms with Crippen molar-refractivity contribution in [3.05, 3.63) is 81.7 Å². The predicted molar refractivity (Wildman–Crippen MR) is 390 cm³/mol. The fourth-order valence-electron chi connectivity index (χ4n) is 13.1.